The van der Waals surface area contributed by atoms with Crippen LogP contribution in [0.1, 0.15) is 17.7 Å². The number of carbonyl (C=O) groups excluding carboxylic acids is 1. The van der Waals surface area contributed by atoms with Crippen molar-refractivity contribution in [2.45, 2.75) is 12.0 Å². The van der Waals surface area contributed by atoms with Crippen LogP contribution in [-0.4, -0.2) is 24.2 Å². The molecule has 0 spiro atoms. The third-order valence-corrected chi connectivity index (χ3v) is 3.66. The molecule has 1 atom stereocenters. The first kappa shape index (κ1) is 14.4. The molecule has 2 heterocycles. The molecule has 2 N–H and O–H groups in total. The molecule has 114 valence electrons. The summed E-state index contributed by atoms with van der Waals surface area (Å²) in [5, 5.41) is 13.5. The van der Waals surface area contributed by atoms with Crippen LogP contribution in [-0.2, 0) is 10.4 Å². The van der Waals surface area contributed by atoms with E-state index in [1.165, 1.54) is 6.08 Å². The van der Waals surface area contributed by atoms with Crippen molar-refractivity contribution >= 4 is 12.0 Å². The first-order valence-corrected chi connectivity index (χ1v) is 7.11. The third-order valence-electron chi connectivity index (χ3n) is 3.66. The van der Waals surface area contributed by atoms with Crippen molar-refractivity contribution in [2.24, 2.45) is 0 Å². The lowest BCUT2D eigenvalue weighted by molar-refractivity contribution is -0.118. The minimum atomic E-state index is -1.11. The van der Waals surface area contributed by atoms with E-state index in [0.717, 1.165) is 0 Å². The molecule has 22 heavy (non-hydrogen) atoms. The average molecular weight is 299 g/mol. The number of ether oxygens (including phenoxy) is 1. The van der Waals surface area contributed by atoms with Gasteiger partial charge in [-0.05, 0) is 24.3 Å². The lowest BCUT2D eigenvalue weighted by atomic mass is 9.88. The fourth-order valence-electron chi connectivity index (χ4n) is 2.46. The first-order valence-electron chi connectivity index (χ1n) is 7.11. The zero-order valence-electron chi connectivity index (χ0n) is 12.0. The molecule has 1 aromatic heterocycles. The molecule has 0 saturated heterocycles. The van der Waals surface area contributed by atoms with Crippen molar-refractivity contribution in [3.05, 3.63) is 60.1 Å². The van der Waals surface area contributed by atoms with Crippen molar-refractivity contribution in [3.63, 3.8) is 0 Å². The van der Waals surface area contributed by atoms with E-state index >= 15 is 0 Å². The van der Waals surface area contributed by atoms with Crippen LogP contribution in [0.5, 0.6) is 5.75 Å². The van der Waals surface area contributed by atoms with Gasteiger partial charge in [0.05, 0.1) is 19.4 Å². The number of hydrogen-bond donors (Lipinski definition) is 2. The maximum absolute atomic E-state index is 11.9. The Morgan fingerprint density at radius 2 is 2.18 bits per heavy atom. The summed E-state index contributed by atoms with van der Waals surface area (Å²) in [6, 6.07) is 10.8. The van der Waals surface area contributed by atoms with Crippen LogP contribution in [0.25, 0.3) is 6.08 Å². The van der Waals surface area contributed by atoms with Crippen LogP contribution >= 0.6 is 0 Å². The van der Waals surface area contributed by atoms with E-state index in [0.29, 0.717) is 30.1 Å². The number of benzene rings is 1. The summed E-state index contributed by atoms with van der Waals surface area (Å²) in [6.45, 7) is 0.556. The molecule has 3 rings (SSSR count). The highest BCUT2D eigenvalue weighted by Crippen LogP contribution is 2.36. The number of rotatable bonds is 4. The van der Waals surface area contributed by atoms with E-state index in [-0.39, 0.29) is 12.5 Å². The van der Waals surface area contributed by atoms with Gasteiger partial charge in [-0.1, -0.05) is 18.2 Å². The SMILES string of the molecule is O=C(C=Cc1ccco1)NCC1(O)CCOc2ccccc21. The third kappa shape index (κ3) is 3.04. The largest absolute Gasteiger partial charge is 0.493 e. The van der Waals surface area contributed by atoms with E-state index in [1.807, 2.05) is 24.3 Å². The van der Waals surface area contributed by atoms with Gasteiger partial charge in [0.25, 0.3) is 0 Å². The lowest BCUT2D eigenvalue weighted by Crippen LogP contribution is -2.43. The van der Waals surface area contributed by atoms with Crippen LogP contribution in [0, 0.1) is 0 Å². The zero-order chi connectivity index (χ0) is 15.4. The minimum absolute atomic E-state index is 0.134. The van der Waals surface area contributed by atoms with Gasteiger partial charge in [0, 0.05) is 18.1 Å². The Morgan fingerprint density at radius 3 is 3.00 bits per heavy atom. The molecule has 0 fully saturated rings. The molecule has 0 saturated carbocycles. The standard InChI is InChI=1S/C17H17NO4/c19-16(8-7-13-4-3-10-21-13)18-12-17(20)9-11-22-15-6-2-1-5-14(15)17/h1-8,10,20H,9,11-12H2,(H,18,19). The van der Waals surface area contributed by atoms with Crippen LogP contribution in [0.4, 0.5) is 0 Å². The Labute approximate surface area is 128 Å². The summed E-state index contributed by atoms with van der Waals surface area (Å²) < 4.78 is 10.6. The van der Waals surface area contributed by atoms with Crippen molar-refractivity contribution in [1.29, 1.82) is 0 Å². The minimum Gasteiger partial charge on any atom is -0.493 e. The molecule has 5 nitrogen and oxygen atoms in total. The van der Waals surface area contributed by atoms with Gasteiger partial charge in [-0.15, -0.1) is 0 Å². The summed E-state index contributed by atoms with van der Waals surface area (Å²) in [7, 11) is 0. The Balaban J connectivity index is 1.65. The summed E-state index contributed by atoms with van der Waals surface area (Å²) in [6.07, 6.45) is 4.94. The maximum atomic E-state index is 11.9. The highest BCUT2D eigenvalue weighted by molar-refractivity contribution is 5.91. The molecule has 0 radical (unpaired) electrons. The lowest BCUT2D eigenvalue weighted by Gasteiger charge is -2.34. The van der Waals surface area contributed by atoms with E-state index in [4.69, 9.17) is 9.15 Å². The van der Waals surface area contributed by atoms with Crippen molar-refractivity contribution in [3.8, 4) is 5.75 Å². The molecule has 2 aromatic rings. The Bertz CT molecular complexity index is 678. The number of amides is 1. The predicted octanol–water partition coefficient (Wildman–Crippen LogP) is 2.08. The van der Waals surface area contributed by atoms with Gasteiger partial charge in [0.15, 0.2) is 0 Å². The number of fused-ring (bicyclic) bond motifs is 1. The number of nitrogens with one attached hydrogen (secondary N) is 1. The molecule has 1 amide bonds. The fraction of sp³-hybridized carbons (Fsp3) is 0.235. The second-order valence-corrected chi connectivity index (χ2v) is 5.19. The molecular formula is C17H17NO4. The molecule has 1 aliphatic heterocycles. The summed E-state index contributed by atoms with van der Waals surface area (Å²) in [4.78, 5) is 11.9. The highest BCUT2D eigenvalue weighted by Gasteiger charge is 2.35. The monoisotopic (exact) mass is 299 g/mol. The quantitative estimate of drug-likeness (QED) is 0.848. The Hall–Kier alpha value is -2.53. The number of hydrogen-bond acceptors (Lipinski definition) is 4. The number of carbonyl (C=O) groups is 1. The molecule has 0 aliphatic carbocycles. The van der Waals surface area contributed by atoms with Crippen molar-refractivity contribution in [1.82, 2.24) is 5.32 Å². The molecular weight excluding hydrogens is 282 g/mol. The van der Waals surface area contributed by atoms with Gasteiger partial charge in [0.1, 0.15) is 17.1 Å². The van der Waals surface area contributed by atoms with Gasteiger partial charge in [-0.3, -0.25) is 4.79 Å². The highest BCUT2D eigenvalue weighted by atomic mass is 16.5. The Kier molecular flexibility index (Phi) is 3.98. The second-order valence-electron chi connectivity index (χ2n) is 5.19. The van der Waals surface area contributed by atoms with E-state index < -0.39 is 5.60 Å². The average Bonchev–Trinajstić information content (AvgIpc) is 3.05. The van der Waals surface area contributed by atoms with Gasteiger partial charge < -0.3 is 19.6 Å². The van der Waals surface area contributed by atoms with Gasteiger partial charge >= 0.3 is 0 Å². The normalized spacial score (nSPS) is 20.4. The summed E-state index contributed by atoms with van der Waals surface area (Å²) >= 11 is 0. The van der Waals surface area contributed by atoms with Crippen LogP contribution in [0.3, 0.4) is 0 Å². The van der Waals surface area contributed by atoms with Crippen molar-refractivity contribution in [2.75, 3.05) is 13.2 Å². The molecule has 1 aromatic carbocycles. The fourth-order valence-corrected chi connectivity index (χ4v) is 2.46. The topological polar surface area (TPSA) is 71.7 Å². The molecule has 0 bridgehead atoms. The zero-order valence-corrected chi connectivity index (χ0v) is 12.0. The smallest absolute Gasteiger partial charge is 0.244 e. The molecule has 1 aliphatic rings. The van der Waals surface area contributed by atoms with Crippen molar-refractivity contribution < 1.29 is 19.1 Å². The summed E-state index contributed by atoms with van der Waals surface area (Å²) in [5.41, 5.74) is -0.403. The first-order chi connectivity index (χ1) is 10.7. The van der Waals surface area contributed by atoms with Crippen LogP contribution in [0.15, 0.2) is 53.2 Å². The summed E-state index contributed by atoms with van der Waals surface area (Å²) in [5.74, 6) is 0.982. The van der Waals surface area contributed by atoms with E-state index in [2.05, 4.69) is 5.32 Å². The molecule has 5 heteroatoms. The van der Waals surface area contributed by atoms with Crippen LogP contribution in [0.2, 0.25) is 0 Å². The number of para-hydroxylation sites is 1. The Morgan fingerprint density at radius 1 is 1.32 bits per heavy atom. The van der Waals surface area contributed by atoms with Gasteiger partial charge in [-0.2, -0.15) is 0 Å². The van der Waals surface area contributed by atoms with Crippen LogP contribution < -0.4 is 10.1 Å². The predicted molar refractivity (Wildman–Crippen MR) is 81.2 cm³/mol. The molecule has 1 unspecified atom stereocenters. The maximum Gasteiger partial charge on any atom is 0.244 e. The van der Waals surface area contributed by atoms with Gasteiger partial charge in [0.2, 0.25) is 5.91 Å². The second kappa shape index (κ2) is 6.07. The van der Waals surface area contributed by atoms with E-state index in [9.17, 15) is 9.90 Å². The number of aliphatic hydroxyl groups is 1. The van der Waals surface area contributed by atoms with Gasteiger partial charge in [-0.25, -0.2) is 0 Å². The number of furan rings is 1. The van der Waals surface area contributed by atoms with E-state index in [1.54, 1.807) is 24.5 Å².